The zero-order valence-corrected chi connectivity index (χ0v) is 10.9. The summed E-state index contributed by atoms with van der Waals surface area (Å²) >= 11 is 0. The number of benzene rings is 1. The van der Waals surface area contributed by atoms with Gasteiger partial charge in [-0.25, -0.2) is 4.98 Å². The van der Waals surface area contributed by atoms with Gasteiger partial charge in [0.15, 0.2) is 0 Å². The summed E-state index contributed by atoms with van der Waals surface area (Å²) in [6.45, 7) is 1.90. The number of carboxylic acids is 1. The van der Waals surface area contributed by atoms with Gasteiger partial charge in [-0.15, -0.1) is 0 Å². The highest BCUT2D eigenvalue weighted by atomic mass is 16.4. The van der Waals surface area contributed by atoms with Gasteiger partial charge in [-0.05, 0) is 12.5 Å². The average molecular weight is 259 g/mol. The van der Waals surface area contributed by atoms with Crippen LogP contribution in [-0.2, 0) is 11.8 Å². The van der Waals surface area contributed by atoms with Crippen molar-refractivity contribution in [3.05, 3.63) is 54.1 Å². The molecule has 5 heteroatoms. The summed E-state index contributed by atoms with van der Waals surface area (Å²) in [6.07, 6.45) is 3.54. The first kappa shape index (κ1) is 13.3. The molecule has 1 aromatic heterocycles. The zero-order chi connectivity index (χ0) is 13.8. The Morgan fingerprint density at radius 3 is 2.58 bits per heavy atom. The maximum atomic E-state index is 11.4. The Balaban J connectivity index is 2.19. The molecule has 2 unspecified atom stereocenters. The Bertz CT molecular complexity index is 551. The Morgan fingerprint density at radius 2 is 2.05 bits per heavy atom. The molecule has 19 heavy (non-hydrogen) atoms. The lowest BCUT2D eigenvalue weighted by molar-refractivity contribution is -0.139. The number of rotatable bonds is 5. The number of carboxylic acid groups (broad SMARTS) is 1. The van der Waals surface area contributed by atoms with Crippen molar-refractivity contribution in [3.8, 4) is 0 Å². The van der Waals surface area contributed by atoms with E-state index >= 15 is 0 Å². The monoisotopic (exact) mass is 259 g/mol. The first-order valence-electron chi connectivity index (χ1n) is 6.10. The van der Waals surface area contributed by atoms with Crippen LogP contribution in [0.4, 0.5) is 0 Å². The van der Waals surface area contributed by atoms with Crippen molar-refractivity contribution >= 4 is 5.97 Å². The summed E-state index contributed by atoms with van der Waals surface area (Å²) in [4.78, 5) is 15.6. The van der Waals surface area contributed by atoms with E-state index in [1.54, 1.807) is 18.3 Å². The number of nitrogens with one attached hydrogen (secondary N) is 1. The molecule has 2 atom stereocenters. The molecule has 0 saturated heterocycles. The molecular weight excluding hydrogens is 242 g/mol. The summed E-state index contributed by atoms with van der Waals surface area (Å²) in [5, 5.41) is 12.4. The predicted molar refractivity (Wildman–Crippen MR) is 71.6 cm³/mol. The van der Waals surface area contributed by atoms with Crippen LogP contribution in [0.15, 0.2) is 42.7 Å². The van der Waals surface area contributed by atoms with E-state index < -0.39 is 12.0 Å². The molecule has 0 amide bonds. The predicted octanol–water partition coefficient (Wildman–Crippen LogP) is 1.90. The average Bonchev–Trinajstić information content (AvgIpc) is 2.82. The molecule has 1 heterocycles. The van der Waals surface area contributed by atoms with E-state index in [-0.39, 0.29) is 6.04 Å². The Hall–Kier alpha value is -2.14. The normalized spacial score (nSPS) is 14.0. The standard InChI is InChI=1S/C14H17N3O2/c1-10(13-15-8-9-17(13)2)16-12(14(18)19)11-6-4-3-5-7-11/h3-10,12,16H,1-2H3,(H,18,19). The van der Waals surface area contributed by atoms with Gasteiger partial charge in [0.25, 0.3) is 0 Å². The van der Waals surface area contributed by atoms with Gasteiger partial charge in [0, 0.05) is 19.4 Å². The number of aliphatic carboxylic acids is 1. The van der Waals surface area contributed by atoms with Gasteiger partial charge in [-0.1, -0.05) is 30.3 Å². The van der Waals surface area contributed by atoms with Crippen LogP contribution in [0.2, 0.25) is 0 Å². The van der Waals surface area contributed by atoms with Crippen molar-refractivity contribution in [2.24, 2.45) is 7.05 Å². The van der Waals surface area contributed by atoms with Crippen molar-refractivity contribution in [2.45, 2.75) is 19.0 Å². The molecular formula is C14H17N3O2. The molecule has 1 aromatic carbocycles. The van der Waals surface area contributed by atoms with Crippen LogP contribution in [0.25, 0.3) is 0 Å². The van der Waals surface area contributed by atoms with Gasteiger partial charge >= 0.3 is 5.97 Å². The summed E-state index contributed by atoms with van der Waals surface area (Å²) in [5.74, 6) is -0.0885. The van der Waals surface area contributed by atoms with Gasteiger partial charge in [-0.2, -0.15) is 0 Å². The van der Waals surface area contributed by atoms with E-state index in [9.17, 15) is 9.90 Å². The van der Waals surface area contributed by atoms with Crippen LogP contribution in [-0.4, -0.2) is 20.6 Å². The molecule has 0 aliphatic rings. The van der Waals surface area contributed by atoms with E-state index in [4.69, 9.17) is 0 Å². The van der Waals surface area contributed by atoms with Gasteiger partial charge < -0.3 is 9.67 Å². The number of nitrogens with zero attached hydrogens (tertiary/aromatic N) is 2. The van der Waals surface area contributed by atoms with E-state index in [2.05, 4.69) is 10.3 Å². The molecule has 0 saturated carbocycles. The highest BCUT2D eigenvalue weighted by molar-refractivity contribution is 5.75. The highest BCUT2D eigenvalue weighted by Gasteiger charge is 2.23. The third kappa shape index (κ3) is 3.00. The quantitative estimate of drug-likeness (QED) is 0.860. The summed E-state index contributed by atoms with van der Waals surface area (Å²) < 4.78 is 1.88. The zero-order valence-electron chi connectivity index (χ0n) is 10.9. The fourth-order valence-corrected chi connectivity index (χ4v) is 2.07. The molecule has 5 nitrogen and oxygen atoms in total. The van der Waals surface area contributed by atoms with E-state index in [0.29, 0.717) is 0 Å². The molecule has 2 aromatic rings. The fourth-order valence-electron chi connectivity index (χ4n) is 2.07. The van der Waals surface area contributed by atoms with Gasteiger partial charge in [0.05, 0.1) is 6.04 Å². The Labute approximate surface area is 111 Å². The van der Waals surface area contributed by atoms with E-state index in [1.807, 2.05) is 42.9 Å². The smallest absolute Gasteiger partial charge is 0.325 e. The maximum absolute atomic E-state index is 11.4. The third-order valence-corrected chi connectivity index (χ3v) is 3.04. The first-order valence-corrected chi connectivity index (χ1v) is 6.10. The Kier molecular flexibility index (Phi) is 3.97. The molecule has 100 valence electrons. The lowest BCUT2D eigenvalue weighted by Gasteiger charge is -2.20. The van der Waals surface area contributed by atoms with Crippen LogP contribution in [0, 0.1) is 0 Å². The number of hydrogen-bond acceptors (Lipinski definition) is 3. The molecule has 0 bridgehead atoms. The topological polar surface area (TPSA) is 67.2 Å². The SMILES string of the molecule is CC(NC(C(=O)O)c1ccccc1)c1nccn1C. The molecule has 0 radical (unpaired) electrons. The second-order valence-electron chi connectivity index (χ2n) is 4.47. The van der Waals surface area contributed by atoms with Gasteiger partial charge in [0.1, 0.15) is 11.9 Å². The third-order valence-electron chi connectivity index (χ3n) is 3.04. The molecule has 0 fully saturated rings. The number of imidazole rings is 1. The van der Waals surface area contributed by atoms with Crippen LogP contribution < -0.4 is 5.32 Å². The number of aryl methyl sites for hydroxylation is 1. The van der Waals surface area contributed by atoms with Gasteiger partial charge in [-0.3, -0.25) is 10.1 Å². The van der Waals surface area contributed by atoms with E-state index in [1.165, 1.54) is 0 Å². The maximum Gasteiger partial charge on any atom is 0.325 e. The number of hydrogen-bond donors (Lipinski definition) is 2. The van der Waals surface area contributed by atoms with Crippen molar-refractivity contribution in [1.29, 1.82) is 0 Å². The van der Waals surface area contributed by atoms with Crippen LogP contribution >= 0.6 is 0 Å². The largest absolute Gasteiger partial charge is 0.480 e. The van der Waals surface area contributed by atoms with Crippen molar-refractivity contribution in [2.75, 3.05) is 0 Å². The lowest BCUT2D eigenvalue weighted by Crippen LogP contribution is -2.31. The van der Waals surface area contributed by atoms with E-state index in [0.717, 1.165) is 11.4 Å². The van der Waals surface area contributed by atoms with Crippen molar-refractivity contribution in [3.63, 3.8) is 0 Å². The van der Waals surface area contributed by atoms with Crippen LogP contribution in [0.5, 0.6) is 0 Å². The minimum atomic E-state index is -0.896. The second kappa shape index (κ2) is 5.67. The first-order chi connectivity index (χ1) is 9.09. The molecule has 0 spiro atoms. The summed E-state index contributed by atoms with van der Waals surface area (Å²) in [5.41, 5.74) is 0.732. The minimum absolute atomic E-state index is 0.152. The molecule has 0 aliphatic heterocycles. The molecule has 2 rings (SSSR count). The van der Waals surface area contributed by atoms with Crippen LogP contribution in [0.3, 0.4) is 0 Å². The molecule has 2 N–H and O–H groups in total. The Morgan fingerprint density at radius 1 is 1.37 bits per heavy atom. The van der Waals surface area contributed by atoms with Crippen molar-refractivity contribution in [1.82, 2.24) is 14.9 Å². The fraction of sp³-hybridized carbons (Fsp3) is 0.286. The highest BCUT2D eigenvalue weighted by Crippen LogP contribution is 2.18. The minimum Gasteiger partial charge on any atom is -0.480 e. The van der Waals surface area contributed by atoms with Crippen LogP contribution in [0.1, 0.15) is 30.4 Å². The number of carbonyl (C=O) groups is 1. The summed E-state index contributed by atoms with van der Waals surface area (Å²) in [7, 11) is 1.89. The molecule has 0 aliphatic carbocycles. The lowest BCUT2D eigenvalue weighted by atomic mass is 10.1. The van der Waals surface area contributed by atoms with Crippen molar-refractivity contribution < 1.29 is 9.90 Å². The number of aromatic nitrogens is 2. The van der Waals surface area contributed by atoms with Gasteiger partial charge in [0.2, 0.25) is 0 Å². The second-order valence-corrected chi connectivity index (χ2v) is 4.47. The summed E-state index contributed by atoms with van der Waals surface area (Å²) in [6, 6.07) is 8.24.